The van der Waals surface area contributed by atoms with Crippen molar-refractivity contribution in [2.24, 2.45) is 0 Å². The van der Waals surface area contributed by atoms with E-state index in [4.69, 9.17) is 14.2 Å². The molecular formula is C25H29NO6. The van der Waals surface area contributed by atoms with Gasteiger partial charge in [-0.15, -0.1) is 0 Å². The summed E-state index contributed by atoms with van der Waals surface area (Å²) in [6.45, 7) is 5.03. The molecule has 2 aromatic carbocycles. The Balaban J connectivity index is 2.14. The molecule has 0 aliphatic carbocycles. The molecule has 1 saturated heterocycles. The van der Waals surface area contributed by atoms with Crippen molar-refractivity contribution >= 4 is 17.4 Å². The summed E-state index contributed by atoms with van der Waals surface area (Å²) in [4.78, 5) is 27.5. The fraction of sp³-hybridized carbons (Fsp3) is 0.360. The van der Waals surface area contributed by atoms with E-state index in [9.17, 15) is 14.7 Å². The van der Waals surface area contributed by atoms with E-state index in [0.29, 0.717) is 48.8 Å². The molecule has 0 bridgehead atoms. The van der Waals surface area contributed by atoms with Gasteiger partial charge in [-0.3, -0.25) is 9.59 Å². The number of rotatable bonds is 9. The Morgan fingerprint density at radius 3 is 2.41 bits per heavy atom. The molecule has 0 unspecified atom stereocenters. The normalized spacial score (nSPS) is 17.6. The molecule has 7 heteroatoms. The van der Waals surface area contributed by atoms with Gasteiger partial charge in [-0.1, -0.05) is 35.9 Å². The number of aliphatic hydroxyl groups is 1. The van der Waals surface area contributed by atoms with E-state index in [2.05, 4.69) is 0 Å². The van der Waals surface area contributed by atoms with Crippen LogP contribution in [0.4, 0.5) is 0 Å². The number of methoxy groups -OCH3 is 2. The second-order valence-corrected chi connectivity index (χ2v) is 7.55. The summed E-state index contributed by atoms with van der Waals surface area (Å²) < 4.78 is 16.2. The third kappa shape index (κ3) is 4.62. The minimum atomic E-state index is -0.752. The van der Waals surface area contributed by atoms with E-state index in [-0.39, 0.29) is 11.3 Å². The average Bonchev–Trinajstić information content (AvgIpc) is 3.05. The quantitative estimate of drug-likeness (QED) is 0.276. The van der Waals surface area contributed by atoms with Crippen LogP contribution in [0.3, 0.4) is 0 Å². The summed E-state index contributed by atoms with van der Waals surface area (Å²) in [7, 11) is 3.11. The zero-order valence-corrected chi connectivity index (χ0v) is 18.9. The van der Waals surface area contributed by atoms with Crippen LogP contribution in [0.5, 0.6) is 11.5 Å². The molecule has 2 aromatic rings. The lowest BCUT2D eigenvalue weighted by Gasteiger charge is -2.26. The van der Waals surface area contributed by atoms with Crippen molar-refractivity contribution in [1.82, 2.24) is 4.90 Å². The number of nitrogens with zero attached hydrogens (tertiary/aromatic N) is 1. The number of aryl methyl sites for hydroxylation is 1. The van der Waals surface area contributed by atoms with E-state index < -0.39 is 17.7 Å². The van der Waals surface area contributed by atoms with Crippen LogP contribution < -0.4 is 9.47 Å². The first-order valence-electron chi connectivity index (χ1n) is 10.6. The minimum absolute atomic E-state index is 0.0579. The van der Waals surface area contributed by atoms with Gasteiger partial charge in [-0.05, 0) is 38.0 Å². The van der Waals surface area contributed by atoms with E-state index in [1.807, 2.05) is 26.0 Å². The maximum absolute atomic E-state index is 13.0. The molecule has 1 atom stereocenters. The summed E-state index contributed by atoms with van der Waals surface area (Å²) in [5.41, 5.74) is 2.21. The van der Waals surface area contributed by atoms with E-state index in [1.165, 1.54) is 12.0 Å². The number of hydrogen-bond acceptors (Lipinski definition) is 6. The Kier molecular flexibility index (Phi) is 7.53. The van der Waals surface area contributed by atoms with Crippen molar-refractivity contribution in [3.05, 3.63) is 64.7 Å². The van der Waals surface area contributed by atoms with Gasteiger partial charge >= 0.3 is 0 Å². The molecule has 1 aliphatic rings. The van der Waals surface area contributed by atoms with Crippen LogP contribution in [0.1, 0.15) is 36.1 Å². The molecule has 7 nitrogen and oxygen atoms in total. The molecule has 170 valence electrons. The number of amides is 1. The van der Waals surface area contributed by atoms with Crippen LogP contribution in [0.15, 0.2) is 48.0 Å². The molecule has 0 aromatic heterocycles. The molecule has 0 radical (unpaired) electrons. The number of carbonyl (C=O) groups excluding carboxylic acids is 2. The lowest BCUT2D eigenvalue weighted by Crippen LogP contribution is -2.31. The highest BCUT2D eigenvalue weighted by Gasteiger charge is 2.46. The number of ether oxygens (including phenoxy) is 3. The van der Waals surface area contributed by atoms with Gasteiger partial charge in [0.05, 0.1) is 25.3 Å². The van der Waals surface area contributed by atoms with Gasteiger partial charge in [-0.25, -0.2) is 0 Å². The number of aliphatic hydroxyl groups excluding tert-OH is 1. The number of carbonyl (C=O) groups is 2. The molecule has 0 spiro atoms. The van der Waals surface area contributed by atoms with Crippen LogP contribution in [0.2, 0.25) is 0 Å². The van der Waals surface area contributed by atoms with Crippen molar-refractivity contribution in [2.45, 2.75) is 26.3 Å². The van der Waals surface area contributed by atoms with Gasteiger partial charge in [0.25, 0.3) is 11.7 Å². The van der Waals surface area contributed by atoms with Crippen molar-refractivity contribution in [1.29, 1.82) is 0 Å². The molecule has 1 amide bonds. The second-order valence-electron chi connectivity index (χ2n) is 7.55. The van der Waals surface area contributed by atoms with Crippen LogP contribution in [-0.4, -0.2) is 55.7 Å². The Bertz CT molecular complexity index is 1010. The minimum Gasteiger partial charge on any atom is -0.507 e. The SMILES string of the molecule is CCOc1ccc([C@H]2C(=C(O)c3ccc(C)cc3)C(=O)C(=O)N2CCCOC)cc1OC. The third-order valence-corrected chi connectivity index (χ3v) is 5.42. The number of benzene rings is 2. The monoisotopic (exact) mass is 439 g/mol. The number of hydrogen-bond donors (Lipinski definition) is 1. The van der Waals surface area contributed by atoms with Crippen molar-refractivity contribution < 1.29 is 28.9 Å². The molecule has 0 saturated carbocycles. The predicted molar refractivity (Wildman–Crippen MR) is 121 cm³/mol. The Morgan fingerprint density at radius 2 is 1.78 bits per heavy atom. The fourth-order valence-electron chi connectivity index (χ4n) is 3.83. The number of ketones is 1. The first kappa shape index (κ1) is 23.3. The highest BCUT2D eigenvalue weighted by molar-refractivity contribution is 6.46. The topological polar surface area (TPSA) is 85.3 Å². The molecule has 3 rings (SSSR count). The first-order valence-corrected chi connectivity index (χ1v) is 10.6. The molecule has 1 N–H and O–H groups in total. The smallest absolute Gasteiger partial charge is 0.295 e. The lowest BCUT2D eigenvalue weighted by atomic mass is 9.94. The molecular weight excluding hydrogens is 410 g/mol. The third-order valence-electron chi connectivity index (χ3n) is 5.42. The fourth-order valence-corrected chi connectivity index (χ4v) is 3.83. The summed E-state index contributed by atoms with van der Waals surface area (Å²) in [6.07, 6.45) is 0.554. The van der Waals surface area contributed by atoms with Gasteiger partial charge in [0, 0.05) is 25.8 Å². The zero-order chi connectivity index (χ0) is 23.3. The Labute approximate surface area is 188 Å². The summed E-state index contributed by atoms with van der Waals surface area (Å²) in [5, 5.41) is 11.1. The summed E-state index contributed by atoms with van der Waals surface area (Å²) in [6, 6.07) is 11.7. The van der Waals surface area contributed by atoms with E-state index in [1.54, 1.807) is 37.4 Å². The Morgan fingerprint density at radius 1 is 1.06 bits per heavy atom. The van der Waals surface area contributed by atoms with Crippen molar-refractivity contribution in [3.63, 3.8) is 0 Å². The highest BCUT2D eigenvalue weighted by atomic mass is 16.5. The van der Waals surface area contributed by atoms with Gasteiger partial charge < -0.3 is 24.2 Å². The number of likely N-dealkylation sites (tertiary alicyclic amines) is 1. The van der Waals surface area contributed by atoms with Gasteiger partial charge in [-0.2, -0.15) is 0 Å². The summed E-state index contributed by atoms with van der Waals surface area (Å²) >= 11 is 0. The zero-order valence-electron chi connectivity index (χ0n) is 18.9. The number of Topliss-reactive ketones (excluding diaryl/α,β-unsaturated/α-hetero) is 1. The van der Waals surface area contributed by atoms with Gasteiger partial charge in [0.2, 0.25) is 0 Å². The predicted octanol–water partition coefficient (Wildman–Crippen LogP) is 3.86. The van der Waals surface area contributed by atoms with Crippen molar-refractivity contribution in [2.75, 3.05) is 34.0 Å². The standard InChI is InChI=1S/C25H29NO6/c1-5-32-19-12-11-18(15-20(19)31-4)22-21(23(27)17-9-7-16(2)8-10-17)24(28)25(29)26(22)13-6-14-30-3/h7-12,15,22,27H,5-6,13-14H2,1-4H3/t22-/m0/s1. The average molecular weight is 440 g/mol. The Hall–Kier alpha value is -3.32. The molecule has 1 fully saturated rings. The largest absolute Gasteiger partial charge is 0.507 e. The lowest BCUT2D eigenvalue weighted by molar-refractivity contribution is -0.140. The second kappa shape index (κ2) is 10.3. The van der Waals surface area contributed by atoms with Crippen LogP contribution in [0.25, 0.3) is 5.76 Å². The van der Waals surface area contributed by atoms with E-state index >= 15 is 0 Å². The summed E-state index contributed by atoms with van der Waals surface area (Å²) in [5.74, 6) is -0.503. The van der Waals surface area contributed by atoms with Crippen LogP contribution in [-0.2, 0) is 14.3 Å². The maximum atomic E-state index is 13.0. The van der Waals surface area contributed by atoms with Gasteiger partial charge in [0.15, 0.2) is 11.5 Å². The first-order chi connectivity index (χ1) is 15.4. The molecule has 1 heterocycles. The van der Waals surface area contributed by atoms with E-state index in [0.717, 1.165) is 5.56 Å². The van der Waals surface area contributed by atoms with Crippen LogP contribution >= 0.6 is 0 Å². The highest BCUT2D eigenvalue weighted by Crippen LogP contribution is 2.42. The van der Waals surface area contributed by atoms with Crippen LogP contribution in [0, 0.1) is 6.92 Å². The van der Waals surface area contributed by atoms with Crippen molar-refractivity contribution in [3.8, 4) is 11.5 Å². The molecule has 1 aliphatic heterocycles. The molecule has 32 heavy (non-hydrogen) atoms. The maximum Gasteiger partial charge on any atom is 0.295 e. The van der Waals surface area contributed by atoms with Gasteiger partial charge in [0.1, 0.15) is 5.76 Å².